The van der Waals surface area contributed by atoms with Gasteiger partial charge in [0.25, 0.3) is 0 Å². The molecule has 1 aliphatic heterocycles. The fourth-order valence-corrected chi connectivity index (χ4v) is 4.65. The van der Waals surface area contributed by atoms with E-state index in [1.54, 1.807) is 16.7 Å². The maximum atomic E-state index is 13.3. The third-order valence-corrected chi connectivity index (χ3v) is 6.37. The summed E-state index contributed by atoms with van der Waals surface area (Å²) in [6.07, 6.45) is 0.340. The largest absolute Gasteiger partial charge is 0.326 e. The maximum Gasteiger partial charge on any atom is 0.326 e. The molecule has 0 unspecified atom stereocenters. The number of Topliss-reactive ketones (excluding diaryl/α,β-unsaturated/α-hetero) is 1. The summed E-state index contributed by atoms with van der Waals surface area (Å²) in [5.74, 6) is -1.48. The number of hydrogen-bond acceptors (Lipinski definition) is 4. The van der Waals surface area contributed by atoms with Crippen LogP contribution < -0.4 is 4.90 Å². The summed E-state index contributed by atoms with van der Waals surface area (Å²) in [5, 5.41) is 0.498. The summed E-state index contributed by atoms with van der Waals surface area (Å²) < 4.78 is 26.7. The molecule has 4 rings (SSSR count). The van der Waals surface area contributed by atoms with Crippen molar-refractivity contribution < 1.29 is 18.4 Å². The average Bonchev–Trinajstić information content (AvgIpc) is 3.29. The highest BCUT2D eigenvalue weighted by Gasteiger charge is 2.32. The molecule has 1 saturated heterocycles. The lowest BCUT2D eigenvalue weighted by Gasteiger charge is -2.16. The van der Waals surface area contributed by atoms with Crippen molar-refractivity contribution in [1.82, 2.24) is 9.88 Å². The molecule has 160 valence electrons. The predicted octanol–water partition coefficient (Wildman–Crippen LogP) is 4.99. The smallest absolute Gasteiger partial charge is 0.318 e. The number of amides is 2. The lowest BCUT2D eigenvalue weighted by molar-refractivity contribution is 0.0986. The number of aromatic nitrogens is 1. The second kappa shape index (κ2) is 8.93. The molecule has 0 spiro atoms. The van der Waals surface area contributed by atoms with E-state index in [9.17, 15) is 18.4 Å². The first-order valence-electron chi connectivity index (χ1n) is 9.96. The van der Waals surface area contributed by atoms with Gasteiger partial charge in [0.05, 0.1) is 10.6 Å². The number of carbonyl (C=O) groups is 2. The quantitative estimate of drug-likeness (QED) is 0.486. The molecule has 0 aliphatic carbocycles. The van der Waals surface area contributed by atoms with Crippen molar-refractivity contribution in [2.75, 3.05) is 18.0 Å². The van der Waals surface area contributed by atoms with Gasteiger partial charge in [-0.3, -0.25) is 9.69 Å². The molecule has 2 amide bonds. The number of ketones is 1. The number of carbonyl (C=O) groups excluding carboxylic acids is 2. The van der Waals surface area contributed by atoms with Crippen LogP contribution >= 0.6 is 11.3 Å². The maximum absolute atomic E-state index is 13.3. The molecule has 2 heterocycles. The van der Waals surface area contributed by atoms with E-state index in [1.165, 1.54) is 23.5 Å². The fourth-order valence-electron chi connectivity index (χ4n) is 3.59. The third kappa shape index (κ3) is 4.80. The van der Waals surface area contributed by atoms with Gasteiger partial charge >= 0.3 is 6.03 Å². The third-order valence-electron chi connectivity index (χ3n) is 5.14. The van der Waals surface area contributed by atoms with Gasteiger partial charge in [0, 0.05) is 32.1 Å². The molecule has 1 fully saturated rings. The van der Waals surface area contributed by atoms with Crippen LogP contribution in [-0.4, -0.2) is 34.8 Å². The number of hydrogen-bond donors (Lipinski definition) is 0. The lowest BCUT2D eigenvalue weighted by atomic mass is 10.1. The van der Waals surface area contributed by atoms with Crippen molar-refractivity contribution in [2.45, 2.75) is 26.3 Å². The van der Waals surface area contributed by atoms with E-state index in [0.29, 0.717) is 40.9 Å². The summed E-state index contributed by atoms with van der Waals surface area (Å²) in [6.45, 7) is 3.35. The molecule has 5 nitrogen and oxygen atoms in total. The first-order valence-corrected chi connectivity index (χ1v) is 10.8. The molecule has 31 heavy (non-hydrogen) atoms. The molecule has 3 aromatic rings. The molecule has 0 atom stereocenters. The van der Waals surface area contributed by atoms with Crippen molar-refractivity contribution in [1.29, 1.82) is 0 Å². The van der Waals surface area contributed by atoms with E-state index < -0.39 is 11.6 Å². The van der Waals surface area contributed by atoms with Crippen LogP contribution in [0.2, 0.25) is 0 Å². The Labute approximate surface area is 182 Å². The second-order valence-corrected chi connectivity index (χ2v) is 8.43. The van der Waals surface area contributed by atoms with Crippen molar-refractivity contribution in [2.24, 2.45) is 0 Å². The number of nitrogens with zero attached hydrogens (tertiary/aromatic N) is 3. The van der Waals surface area contributed by atoms with Gasteiger partial charge in [0.2, 0.25) is 0 Å². The summed E-state index contributed by atoms with van der Waals surface area (Å²) >= 11 is 1.19. The zero-order chi connectivity index (χ0) is 22.0. The van der Waals surface area contributed by atoms with Crippen LogP contribution in [0.4, 0.5) is 18.7 Å². The van der Waals surface area contributed by atoms with Gasteiger partial charge in [-0.05, 0) is 36.6 Å². The zero-order valence-electron chi connectivity index (χ0n) is 17.0. The van der Waals surface area contributed by atoms with E-state index in [4.69, 9.17) is 0 Å². The Morgan fingerprint density at radius 3 is 2.48 bits per heavy atom. The van der Waals surface area contributed by atoms with Crippen LogP contribution in [0.3, 0.4) is 0 Å². The minimum Gasteiger partial charge on any atom is -0.318 e. The van der Waals surface area contributed by atoms with Crippen LogP contribution in [0, 0.1) is 18.6 Å². The van der Waals surface area contributed by atoms with Crippen LogP contribution in [0.15, 0.2) is 48.5 Å². The first-order chi connectivity index (χ1) is 14.9. The first kappa shape index (κ1) is 21.1. The molecule has 1 aromatic heterocycles. The van der Waals surface area contributed by atoms with Gasteiger partial charge in [-0.2, -0.15) is 0 Å². The SMILES string of the molecule is Cc1nc(N2CCN(Cc3ccccc3)C2=O)sc1C(=O)CCc1cc(F)cc(F)c1. The molecule has 2 aromatic carbocycles. The highest BCUT2D eigenvalue weighted by atomic mass is 32.1. The molecule has 0 N–H and O–H groups in total. The van der Waals surface area contributed by atoms with Gasteiger partial charge in [0.15, 0.2) is 10.9 Å². The number of rotatable bonds is 7. The molecule has 0 radical (unpaired) electrons. The minimum absolute atomic E-state index is 0.111. The van der Waals surface area contributed by atoms with Gasteiger partial charge in [-0.1, -0.05) is 41.7 Å². The minimum atomic E-state index is -0.661. The molecule has 1 aliphatic rings. The van der Waals surface area contributed by atoms with Gasteiger partial charge in [-0.25, -0.2) is 18.6 Å². The number of halogens is 2. The monoisotopic (exact) mass is 441 g/mol. The summed E-state index contributed by atoms with van der Waals surface area (Å²) in [5.41, 5.74) is 2.04. The number of anilines is 1. The standard InChI is InChI=1S/C23H21F2N3O2S/c1-15-21(20(29)8-7-17-11-18(24)13-19(25)12-17)31-22(26-15)28-10-9-27(23(28)30)14-16-5-3-2-4-6-16/h2-6,11-13H,7-10,14H2,1H3. The van der Waals surface area contributed by atoms with E-state index in [1.807, 2.05) is 30.3 Å². The van der Waals surface area contributed by atoms with Crippen molar-refractivity contribution >= 4 is 28.3 Å². The van der Waals surface area contributed by atoms with Crippen LogP contribution in [0.25, 0.3) is 0 Å². The average molecular weight is 442 g/mol. The van der Waals surface area contributed by atoms with E-state index in [0.717, 1.165) is 11.6 Å². The van der Waals surface area contributed by atoms with E-state index >= 15 is 0 Å². The van der Waals surface area contributed by atoms with Crippen molar-refractivity contribution in [3.63, 3.8) is 0 Å². The predicted molar refractivity (Wildman–Crippen MR) is 115 cm³/mol. The summed E-state index contributed by atoms with van der Waals surface area (Å²) in [6, 6.07) is 12.9. The van der Waals surface area contributed by atoms with Gasteiger partial charge in [0.1, 0.15) is 11.6 Å². The normalized spacial score (nSPS) is 13.8. The fraction of sp³-hybridized carbons (Fsp3) is 0.261. The molecule has 8 heteroatoms. The highest BCUT2D eigenvalue weighted by Crippen LogP contribution is 2.30. The van der Waals surface area contributed by atoms with Crippen LogP contribution in [0.5, 0.6) is 0 Å². The Balaban J connectivity index is 1.42. The Hall–Kier alpha value is -3.13. The van der Waals surface area contributed by atoms with Gasteiger partial charge in [-0.15, -0.1) is 0 Å². The van der Waals surface area contributed by atoms with E-state index in [-0.39, 0.29) is 24.7 Å². The Kier molecular flexibility index (Phi) is 6.08. The number of aryl methyl sites for hydroxylation is 2. The van der Waals surface area contributed by atoms with Crippen LogP contribution in [-0.2, 0) is 13.0 Å². The van der Waals surface area contributed by atoms with Crippen LogP contribution in [0.1, 0.15) is 32.9 Å². The number of thiazole rings is 1. The molecule has 0 saturated carbocycles. The van der Waals surface area contributed by atoms with E-state index in [2.05, 4.69) is 4.98 Å². The second-order valence-electron chi connectivity index (χ2n) is 7.45. The van der Waals surface area contributed by atoms with Crippen molar-refractivity contribution in [3.05, 3.63) is 81.9 Å². The Morgan fingerprint density at radius 1 is 1.06 bits per heavy atom. The summed E-state index contributed by atoms with van der Waals surface area (Å²) in [4.78, 5) is 33.8. The number of benzene rings is 2. The molecular formula is C23H21F2N3O2S. The summed E-state index contributed by atoms with van der Waals surface area (Å²) in [7, 11) is 0. The molecule has 0 bridgehead atoms. The zero-order valence-corrected chi connectivity index (χ0v) is 17.8. The Bertz CT molecular complexity index is 1100. The van der Waals surface area contributed by atoms with Crippen molar-refractivity contribution in [3.8, 4) is 0 Å². The lowest BCUT2D eigenvalue weighted by Crippen LogP contribution is -2.31. The van der Waals surface area contributed by atoms with Gasteiger partial charge < -0.3 is 4.90 Å². The number of urea groups is 1. The molecular weight excluding hydrogens is 420 g/mol. The Morgan fingerprint density at radius 2 is 1.77 bits per heavy atom. The topological polar surface area (TPSA) is 53.5 Å². The highest BCUT2D eigenvalue weighted by molar-refractivity contribution is 7.17.